The molecule has 1 amide bonds. The van der Waals surface area contributed by atoms with E-state index in [0.29, 0.717) is 13.0 Å². The number of hydrogen-bond acceptors (Lipinski definition) is 4. The van der Waals surface area contributed by atoms with E-state index < -0.39 is 18.5 Å². The zero-order valence-electron chi connectivity index (χ0n) is 15.6. The second kappa shape index (κ2) is 8.06. The number of para-hydroxylation sites is 1. The number of aromatic amines is 1. The number of rotatable bonds is 6. The van der Waals surface area contributed by atoms with Gasteiger partial charge in [0.1, 0.15) is 11.3 Å². The van der Waals surface area contributed by atoms with Crippen molar-refractivity contribution in [2.24, 2.45) is 0 Å². The Balaban J connectivity index is 1.30. The maximum Gasteiger partial charge on any atom is 0.342 e. The highest BCUT2D eigenvalue weighted by atomic mass is 16.5. The first-order valence-electron chi connectivity index (χ1n) is 9.32. The van der Waals surface area contributed by atoms with Crippen LogP contribution in [-0.4, -0.2) is 35.1 Å². The van der Waals surface area contributed by atoms with E-state index in [4.69, 9.17) is 4.74 Å². The molecular weight excluding hydrogens is 368 g/mol. The molecule has 0 aliphatic rings. The number of benzene rings is 3. The van der Waals surface area contributed by atoms with Crippen molar-refractivity contribution in [3.63, 3.8) is 0 Å². The molecule has 4 rings (SSSR count). The van der Waals surface area contributed by atoms with Crippen molar-refractivity contribution in [2.45, 2.75) is 6.42 Å². The van der Waals surface area contributed by atoms with Crippen LogP contribution in [0.25, 0.3) is 21.7 Å². The van der Waals surface area contributed by atoms with Crippen LogP contribution in [-0.2, 0) is 16.0 Å². The third-order valence-corrected chi connectivity index (χ3v) is 4.81. The lowest BCUT2D eigenvalue weighted by Crippen LogP contribution is -2.30. The van der Waals surface area contributed by atoms with Crippen molar-refractivity contribution in [3.05, 3.63) is 78.0 Å². The highest BCUT2D eigenvalue weighted by Crippen LogP contribution is 2.25. The summed E-state index contributed by atoms with van der Waals surface area (Å²) < 4.78 is 5.06. The van der Waals surface area contributed by atoms with Gasteiger partial charge < -0.3 is 20.1 Å². The average Bonchev–Trinajstić information content (AvgIpc) is 3.15. The van der Waals surface area contributed by atoms with E-state index in [2.05, 4.69) is 10.3 Å². The van der Waals surface area contributed by atoms with E-state index >= 15 is 0 Å². The highest BCUT2D eigenvalue weighted by molar-refractivity contribution is 5.99. The third-order valence-electron chi connectivity index (χ3n) is 4.81. The summed E-state index contributed by atoms with van der Waals surface area (Å²) in [5.41, 5.74) is 2.20. The van der Waals surface area contributed by atoms with Gasteiger partial charge in [-0.05, 0) is 41.0 Å². The second-order valence-electron chi connectivity index (χ2n) is 6.75. The molecule has 146 valence electrons. The summed E-state index contributed by atoms with van der Waals surface area (Å²) >= 11 is 0. The van der Waals surface area contributed by atoms with Crippen LogP contribution in [0.1, 0.15) is 15.9 Å². The van der Waals surface area contributed by atoms with Crippen molar-refractivity contribution >= 4 is 33.6 Å². The van der Waals surface area contributed by atoms with Crippen LogP contribution >= 0.6 is 0 Å². The van der Waals surface area contributed by atoms with Gasteiger partial charge in [0.15, 0.2) is 6.61 Å². The number of ether oxygens (including phenoxy) is 1. The number of nitrogens with one attached hydrogen (secondary N) is 2. The number of phenolic OH excluding ortho intramolecular Hbond substituents is 1. The third kappa shape index (κ3) is 4.06. The van der Waals surface area contributed by atoms with Crippen LogP contribution in [0, 0.1) is 0 Å². The number of hydrogen-bond donors (Lipinski definition) is 3. The Morgan fingerprint density at radius 2 is 1.72 bits per heavy atom. The molecule has 0 spiro atoms. The van der Waals surface area contributed by atoms with Gasteiger partial charge in [0.2, 0.25) is 0 Å². The van der Waals surface area contributed by atoms with Crippen LogP contribution in [0.2, 0.25) is 0 Å². The van der Waals surface area contributed by atoms with E-state index in [9.17, 15) is 14.7 Å². The molecule has 0 saturated carbocycles. The lowest BCUT2D eigenvalue weighted by molar-refractivity contribution is -0.124. The minimum atomic E-state index is -0.736. The van der Waals surface area contributed by atoms with Crippen molar-refractivity contribution < 1.29 is 19.4 Å². The summed E-state index contributed by atoms with van der Waals surface area (Å²) in [5.74, 6) is -1.30. The summed E-state index contributed by atoms with van der Waals surface area (Å²) in [6, 6.07) is 18.4. The van der Waals surface area contributed by atoms with Crippen LogP contribution in [0.5, 0.6) is 5.75 Å². The van der Waals surface area contributed by atoms with Gasteiger partial charge in [-0.15, -0.1) is 0 Å². The molecule has 4 aromatic rings. The Morgan fingerprint density at radius 3 is 2.55 bits per heavy atom. The lowest BCUT2D eigenvalue weighted by Gasteiger charge is -2.08. The molecule has 0 bridgehead atoms. The van der Waals surface area contributed by atoms with Crippen LogP contribution in [0.4, 0.5) is 0 Å². The number of aromatic hydroxyl groups is 1. The van der Waals surface area contributed by atoms with Gasteiger partial charge in [0.05, 0.1) is 0 Å². The van der Waals surface area contributed by atoms with Crippen LogP contribution in [0.15, 0.2) is 66.9 Å². The van der Waals surface area contributed by atoms with Gasteiger partial charge in [-0.3, -0.25) is 4.79 Å². The normalized spacial score (nSPS) is 10.9. The molecule has 29 heavy (non-hydrogen) atoms. The van der Waals surface area contributed by atoms with Gasteiger partial charge >= 0.3 is 5.97 Å². The van der Waals surface area contributed by atoms with E-state index in [0.717, 1.165) is 27.2 Å². The van der Waals surface area contributed by atoms with Gasteiger partial charge in [0, 0.05) is 23.6 Å². The maximum atomic E-state index is 12.3. The molecule has 3 N–H and O–H groups in total. The number of amides is 1. The van der Waals surface area contributed by atoms with E-state index in [1.807, 2.05) is 54.7 Å². The van der Waals surface area contributed by atoms with Gasteiger partial charge in [-0.2, -0.15) is 0 Å². The number of esters is 1. The smallest absolute Gasteiger partial charge is 0.342 e. The molecule has 0 aliphatic carbocycles. The quantitative estimate of drug-likeness (QED) is 0.441. The average molecular weight is 388 g/mol. The molecule has 6 heteroatoms. The maximum absolute atomic E-state index is 12.3. The van der Waals surface area contributed by atoms with Gasteiger partial charge in [-0.25, -0.2) is 4.79 Å². The van der Waals surface area contributed by atoms with Gasteiger partial charge in [0.25, 0.3) is 5.91 Å². The lowest BCUT2D eigenvalue weighted by atomic mass is 10.1. The van der Waals surface area contributed by atoms with Crippen molar-refractivity contribution in [1.29, 1.82) is 0 Å². The number of carbonyl (C=O) groups excluding carboxylic acids is 2. The standard InChI is InChI=1S/C23H20N2O4/c26-21-12-16-6-2-1-5-15(16)11-19(21)23(28)29-14-22(27)24-10-9-17-13-25-20-8-4-3-7-18(17)20/h1-8,11-13,25-26H,9-10,14H2,(H,24,27). The molecule has 1 heterocycles. The predicted molar refractivity (Wildman–Crippen MR) is 111 cm³/mol. The summed E-state index contributed by atoms with van der Waals surface area (Å²) in [5, 5.41) is 15.6. The van der Waals surface area contributed by atoms with Crippen molar-refractivity contribution in [3.8, 4) is 5.75 Å². The van der Waals surface area contributed by atoms with Crippen molar-refractivity contribution in [2.75, 3.05) is 13.2 Å². The molecule has 0 atom stereocenters. The molecule has 0 unspecified atom stereocenters. The molecule has 6 nitrogen and oxygen atoms in total. The second-order valence-corrected chi connectivity index (χ2v) is 6.75. The fraction of sp³-hybridized carbons (Fsp3) is 0.130. The Bertz CT molecular complexity index is 1200. The number of aromatic nitrogens is 1. The molecule has 0 saturated heterocycles. The topological polar surface area (TPSA) is 91.4 Å². The number of phenols is 1. The molecule has 0 radical (unpaired) electrons. The minimum Gasteiger partial charge on any atom is -0.507 e. The molecule has 0 fully saturated rings. The molecule has 1 aromatic heterocycles. The predicted octanol–water partition coefficient (Wildman–Crippen LogP) is 3.54. The Kier molecular flexibility index (Phi) is 5.16. The van der Waals surface area contributed by atoms with E-state index in [1.165, 1.54) is 6.07 Å². The Hall–Kier alpha value is -3.80. The number of H-pyrrole nitrogens is 1. The summed E-state index contributed by atoms with van der Waals surface area (Å²) in [7, 11) is 0. The highest BCUT2D eigenvalue weighted by Gasteiger charge is 2.15. The minimum absolute atomic E-state index is 0.0373. The SMILES string of the molecule is O=C(COC(=O)c1cc2ccccc2cc1O)NCCc1c[nH]c2ccccc12. The first-order chi connectivity index (χ1) is 14.1. The monoisotopic (exact) mass is 388 g/mol. The fourth-order valence-electron chi connectivity index (χ4n) is 3.33. The fourth-order valence-corrected chi connectivity index (χ4v) is 3.33. The van der Waals surface area contributed by atoms with Crippen molar-refractivity contribution in [1.82, 2.24) is 10.3 Å². The van der Waals surface area contributed by atoms with E-state index in [-0.39, 0.29) is 11.3 Å². The molecular formula is C23H20N2O4. The Morgan fingerprint density at radius 1 is 1.00 bits per heavy atom. The number of fused-ring (bicyclic) bond motifs is 2. The Labute approximate surface area is 167 Å². The first-order valence-corrected chi connectivity index (χ1v) is 9.32. The van der Waals surface area contributed by atoms with Gasteiger partial charge in [-0.1, -0.05) is 42.5 Å². The molecule has 3 aromatic carbocycles. The first kappa shape index (κ1) is 18.6. The van der Waals surface area contributed by atoms with Crippen LogP contribution < -0.4 is 5.32 Å². The summed E-state index contributed by atoms with van der Waals surface area (Å²) in [6.07, 6.45) is 2.59. The molecule has 0 aliphatic heterocycles. The van der Waals surface area contributed by atoms with Crippen LogP contribution in [0.3, 0.4) is 0 Å². The summed E-state index contributed by atoms with van der Waals surface area (Å²) in [4.78, 5) is 27.5. The zero-order chi connectivity index (χ0) is 20.2. The largest absolute Gasteiger partial charge is 0.507 e. The summed E-state index contributed by atoms with van der Waals surface area (Å²) in [6.45, 7) is 0.0262. The zero-order valence-corrected chi connectivity index (χ0v) is 15.6. The van der Waals surface area contributed by atoms with E-state index in [1.54, 1.807) is 6.07 Å². The number of carbonyl (C=O) groups is 2.